The van der Waals surface area contributed by atoms with Crippen molar-refractivity contribution in [3.63, 3.8) is 0 Å². The average Bonchev–Trinajstić information content (AvgIpc) is 2.62. The number of hydrogen-bond acceptors (Lipinski definition) is 3. The number of nitrogens with one attached hydrogen (secondary N) is 2. The zero-order chi connectivity index (χ0) is 22.8. The van der Waals surface area contributed by atoms with Crippen LogP contribution >= 0.6 is 11.8 Å². The van der Waals surface area contributed by atoms with E-state index in [1.54, 1.807) is 23.5 Å². The fourth-order valence-corrected chi connectivity index (χ4v) is 3.25. The number of hydrogen-bond donors (Lipinski definition) is 2. The lowest BCUT2D eigenvalue weighted by Gasteiger charge is -2.16. The standard InChI is InChI=1S/C18H13F7N2O2S/c1-7(30-10-5-3-4-9(6-10)26-8(2)28)17(29)27-16-14(21)12(19)11(18(23,24)25)13(20)15(16)22/h3-7H,1-2H3,(H,26,28)(H,27,29). The Morgan fingerprint density at radius 1 is 0.967 bits per heavy atom. The first kappa shape index (κ1) is 23.5. The number of alkyl halides is 3. The molecule has 2 N–H and O–H groups in total. The molecular weight excluding hydrogens is 441 g/mol. The second kappa shape index (κ2) is 8.94. The molecule has 2 rings (SSSR count). The third-order valence-corrected chi connectivity index (χ3v) is 4.73. The minimum absolute atomic E-state index is 0.347. The summed E-state index contributed by atoms with van der Waals surface area (Å²) in [5.41, 5.74) is -3.99. The highest BCUT2D eigenvalue weighted by Gasteiger charge is 2.42. The normalized spacial score (nSPS) is 12.4. The van der Waals surface area contributed by atoms with Gasteiger partial charge in [-0.3, -0.25) is 9.59 Å². The Balaban J connectivity index is 2.25. The van der Waals surface area contributed by atoms with Crippen molar-refractivity contribution in [1.82, 2.24) is 0 Å². The quantitative estimate of drug-likeness (QED) is 0.364. The van der Waals surface area contributed by atoms with Gasteiger partial charge in [0.1, 0.15) is 11.3 Å². The van der Waals surface area contributed by atoms with Crippen LogP contribution in [0.2, 0.25) is 0 Å². The maximum Gasteiger partial charge on any atom is 0.422 e. The molecule has 0 aliphatic heterocycles. The van der Waals surface area contributed by atoms with Crippen molar-refractivity contribution in [3.8, 4) is 0 Å². The molecule has 0 aliphatic rings. The van der Waals surface area contributed by atoms with Gasteiger partial charge in [0.15, 0.2) is 23.3 Å². The molecule has 0 aromatic heterocycles. The van der Waals surface area contributed by atoms with Crippen LogP contribution in [0.4, 0.5) is 42.1 Å². The molecule has 0 spiro atoms. The van der Waals surface area contributed by atoms with Gasteiger partial charge in [0.05, 0.1) is 5.25 Å². The van der Waals surface area contributed by atoms with E-state index in [4.69, 9.17) is 0 Å². The SMILES string of the molecule is CC(=O)Nc1cccc(SC(C)C(=O)Nc2c(F)c(F)c(C(F)(F)F)c(F)c2F)c1. The number of benzene rings is 2. The van der Waals surface area contributed by atoms with E-state index in [2.05, 4.69) is 5.32 Å². The maximum absolute atomic E-state index is 13.9. The molecule has 0 saturated carbocycles. The van der Waals surface area contributed by atoms with Gasteiger partial charge in [-0.15, -0.1) is 11.8 Å². The van der Waals surface area contributed by atoms with Crippen LogP contribution in [0.1, 0.15) is 19.4 Å². The summed E-state index contributed by atoms with van der Waals surface area (Å²) < 4.78 is 93.0. The zero-order valence-electron chi connectivity index (χ0n) is 15.3. The Morgan fingerprint density at radius 3 is 2.03 bits per heavy atom. The number of halogens is 7. The molecular formula is C18H13F7N2O2S. The Bertz CT molecular complexity index is 966. The van der Waals surface area contributed by atoms with Crippen LogP contribution in [0.25, 0.3) is 0 Å². The summed E-state index contributed by atoms with van der Waals surface area (Å²) >= 11 is 0.864. The van der Waals surface area contributed by atoms with Gasteiger partial charge in [0.2, 0.25) is 11.8 Å². The second-order valence-corrected chi connectivity index (χ2v) is 7.38. The predicted octanol–water partition coefficient (Wildman–Crippen LogP) is 5.34. The fourth-order valence-electron chi connectivity index (χ4n) is 2.32. The predicted molar refractivity (Wildman–Crippen MR) is 96.0 cm³/mol. The zero-order valence-corrected chi connectivity index (χ0v) is 16.1. The summed E-state index contributed by atoms with van der Waals surface area (Å²) in [5.74, 6) is -11.6. The Hall–Kier alpha value is -2.76. The lowest BCUT2D eigenvalue weighted by Crippen LogP contribution is -2.25. The monoisotopic (exact) mass is 454 g/mol. The van der Waals surface area contributed by atoms with Crippen LogP contribution in [0.15, 0.2) is 29.2 Å². The van der Waals surface area contributed by atoms with Crippen LogP contribution in [0, 0.1) is 23.3 Å². The van der Waals surface area contributed by atoms with Crippen molar-refractivity contribution in [2.24, 2.45) is 0 Å². The molecule has 0 bridgehead atoms. The van der Waals surface area contributed by atoms with Crippen molar-refractivity contribution >= 4 is 35.0 Å². The van der Waals surface area contributed by atoms with E-state index in [0.29, 0.717) is 10.6 Å². The van der Waals surface area contributed by atoms with E-state index in [1.807, 2.05) is 0 Å². The lowest BCUT2D eigenvalue weighted by atomic mass is 10.1. The van der Waals surface area contributed by atoms with Crippen LogP contribution in [-0.2, 0) is 15.8 Å². The first-order chi connectivity index (χ1) is 13.8. The number of amides is 2. The van der Waals surface area contributed by atoms with Gasteiger partial charge in [-0.05, 0) is 25.1 Å². The van der Waals surface area contributed by atoms with Gasteiger partial charge in [-0.1, -0.05) is 6.07 Å². The minimum Gasteiger partial charge on any atom is -0.326 e. The molecule has 0 heterocycles. The molecule has 0 radical (unpaired) electrons. The summed E-state index contributed by atoms with van der Waals surface area (Å²) in [7, 11) is 0. The highest BCUT2D eigenvalue weighted by molar-refractivity contribution is 8.00. The third-order valence-electron chi connectivity index (χ3n) is 3.63. The van der Waals surface area contributed by atoms with E-state index >= 15 is 0 Å². The number of thioether (sulfide) groups is 1. The molecule has 0 aliphatic carbocycles. The van der Waals surface area contributed by atoms with Crippen molar-refractivity contribution in [2.45, 2.75) is 30.2 Å². The first-order valence-electron chi connectivity index (χ1n) is 8.11. The van der Waals surface area contributed by atoms with Crippen LogP contribution < -0.4 is 10.6 Å². The third kappa shape index (κ3) is 5.23. The fraction of sp³-hybridized carbons (Fsp3) is 0.222. The van der Waals surface area contributed by atoms with Gasteiger partial charge in [0.25, 0.3) is 0 Å². The van der Waals surface area contributed by atoms with Crippen LogP contribution in [0.3, 0.4) is 0 Å². The van der Waals surface area contributed by atoms with Crippen molar-refractivity contribution in [3.05, 3.63) is 53.1 Å². The average molecular weight is 454 g/mol. The smallest absolute Gasteiger partial charge is 0.326 e. The molecule has 30 heavy (non-hydrogen) atoms. The summed E-state index contributed by atoms with van der Waals surface area (Å²) in [4.78, 5) is 23.7. The van der Waals surface area contributed by atoms with Crippen molar-refractivity contribution in [2.75, 3.05) is 10.6 Å². The van der Waals surface area contributed by atoms with Gasteiger partial charge < -0.3 is 10.6 Å². The van der Waals surface area contributed by atoms with Crippen LogP contribution in [0.5, 0.6) is 0 Å². The Labute approximate surface area is 169 Å². The summed E-state index contributed by atoms with van der Waals surface area (Å²) in [6.07, 6.45) is -5.68. The molecule has 2 aromatic carbocycles. The Kier molecular flexibility index (Phi) is 7.01. The number of carbonyl (C=O) groups excluding carboxylic acids is 2. The van der Waals surface area contributed by atoms with Crippen molar-refractivity contribution in [1.29, 1.82) is 0 Å². The van der Waals surface area contributed by atoms with Crippen LogP contribution in [-0.4, -0.2) is 17.1 Å². The molecule has 2 aromatic rings. The second-order valence-electron chi connectivity index (χ2n) is 5.96. The molecule has 12 heteroatoms. The van der Waals surface area contributed by atoms with Crippen molar-refractivity contribution < 1.29 is 40.3 Å². The number of anilines is 2. The maximum atomic E-state index is 13.9. The molecule has 162 valence electrons. The first-order valence-corrected chi connectivity index (χ1v) is 8.99. The molecule has 0 saturated heterocycles. The molecule has 1 unspecified atom stereocenters. The largest absolute Gasteiger partial charge is 0.422 e. The van der Waals surface area contributed by atoms with Gasteiger partial charge >= 0.3 is 6.18 Å². The molecule has 2 amide bonds. The number of rotatable bonds is 5. The molecule has 1 atom stereocenters. The van der Waals surface area contributed by atoms with E-state index in [9.17, 15) is 40.3 Å². The highest BCUT2D eigenvalue weighted by atomic mass is 32.2. The van der Waals surface area contributed by atoms with Gasteiger partial charge in [-0.2, -0.15) is 13.2 Å². The number of carbonyl (C=O) groups is 2. The summed E-state index contributed by atoms with van der Waals surface area (Å²) in [6, 6.07) is 6.17. The minimum atomic E-state index is -5.68. The van der Waals surface area contributed by atoms with Gasteiger partial charge in [-0.25, -0.2) is 17.6 Å². The Morgan fingerprint density at radius 2 is 1.53 bits per heavy atom. The van der Waals surface area contributed by atoms with E-state index < -0.39 is 51.9 Å². The van der Waals surface area contributed by atoms with E-state index in [-0.39, 0.29) is 5.91 Å². The molecule has 4 nitrogen and oxygen atoms in total. The van der Waals surface area contributed by atoms with E-state index in [1.165, 1.54) is 19.9 Å². The molecule has 0 fully saturated rings. The highest BCUT2D eigenvalue weighted by Crippen LogP contribution is 2.38. The summed E-state index contributed by atoms with van der Waals surface area (Å²) in [5, 5.41) is 3.00. The summed E-state index contributed by atoms with van der Waals surface area (Å²) in [6.45, 7) is 2.57. The van der Waals surface area contributed by atoms with Gasteiger partial charge in [0, 0.05) is 17.5 Å². The lowest BCUT2D eigenvalue weighted by molar-refractivity contribution is -0.143. The topological polar surface area (TPSA) is 58.2 Å². The van der Waals surface area contributed by atoms with E-state index in [0.717, 1.165) is 11.8 Å².